The number of carboxylic acid groups (broad SMARTS) is 1. The summed E-state index contributed by atoms with van der Waals surface area (Å²) in [6.45, 7) is 2.39. The Bertz CT molecular complexity index is 617. The van der Waals surface area contributed by atoms with Gasteiger partial charge in [-0.3, -0.25) is 9.59 Å². The summed E-state index contributed by atoms with van der Waals surface area (Å²) < 4.78 is 24.3. The van der Waals surface area contributed by atoms with Crippen molar-refractivity contribution < 1.29 is 28.6 Å². The van der Waals surface area contributed by atoms with Crippen LogP contribution in [-0.2, 0) is 9.53 Å². The molecule has 24 heavy (non-hydrogen) atoms. The summed E-state index contributed by atoms with van der Waals surface area (Å²) in [5.74, 6) is -2.13. The molecule has 2 rings (SSSR count). The first kappa shape index (κ1) is 18.2. The van der Waals surface area contributed by atoms with Crippen LogP contribution in [0.25, 0.3) is 0 Å². The van der Waals surface area contributed by atoms with Gasteiger partial charge in [-0.2, -0.15) is 0 Å². The van der Waals surface area contributed by atoms with E-state index in [9.17, 15) is 19.1 Å². The average molecular weight is 339 g/mol. The van der Waals surface area contributed by atoms with Crippen molar-refractivity contribution in [2.24, 2.45) is 5.41 Å². The summed E-state index contributed by atoms with van der Waals surface area (Å²) in [7, 11) is 1.44. The number of carbonyl (C=O) groups is 2. The second kappa shape index (κ2) is 7.61. The molecule has 1 fully saturated rings. The second-order valence-electron chi connectivity index (χ2n) is 5.90. The fourth-order valence-electron chi connectivity index (χ4n) is 3.07. The molecule has 1 aliphatic heterocycles. The number of benzene rings is 1. The number of amides is 1. The zero-order valence-electron chi connectivity index (χ0n) is 13.9. The molecule has 0 bridgehead atoms. The highest BCUT2D eigenvalue weighted by Gasteiger charge is 2.44. The Morgan fingerprint density at radius 2 is 2.17 bits per heavy atom. The van der Waals surface area contributed by atoms with E-state index in [-0.39, 0.29) is 31.1 Å². The van der Waals surface area contributed by atoms with E-state index in [2.05, 4.69) is 0 Å². The topological polar surface area (TPSA) is 76.1 Å². The van der Waals surface area contributed by atoms with Crippen molar-refractivity contribution in [1.29, 1.82) is 0 Å². The molecular weight excluding hydrogens is 317 g/mol. The number of hydrogen-bond acceptors (Lipinski definition) is 4. The number of likely N-dealkylation sites (tertiary alicyclic amines) is 1. The number of piperidine rings is 1. The predicted octanol–water partition coefficient (Wildman–Crippen LogP) is 2.18. The summed E-state index contributed by atoms with van der Waals surface area (Å²) >= 11 is 0. The van der Waals surface area contributed by atoms with Gasteiger partial charge in [0.15, 0.2) is 11.6 Å². The van der Waals surface area contributed by atoms with Crippen LogP contribution in [-0.4, -0.2) is 55.3 Å². The standard InChI is InChI=1S/C17H22FNO5/c1-3-24-14-12(6-4-7-13(14)18)15(20)19-9-5-8-17(10-19,11-23-2)16(21)22/h4,6-7H,3,5,8-11H2,1-2H3,(H,21,22). The fourth-order valence-corrected chi connectivity index (χ4v) is 3.07. The molecule has 1 amide bonds. The molecule has 1 heterocycles. The van der Waals surface area contributed by atoms with Crippen LogP contribution in [0.1, 0.15) is 30.1 Å². The van der Waals surface area contributed by atoms with Gasteiger partial charge in [0, 0.05) is 20.2 Å². The van der Waals surface area contributed by atoms with Gasteiger partial charge in [0.05, 0.1) is 18.8 Å². The van der Waals surface area contributed by atoms with Crippen molar-refractivity contribution in [1.82, 2.24) is 4.90 Å². The third-order valence-corrected chi connectivity index (χ3v) is 4.22. The number of rotatable bonds is 6. The average Bonchev–Trinajstić information content (AvgIpc) is 2.56. The first-order chi connectivity index (χ1) is 11.4. The van der Waals surface area contributed by atoms with E-state index in [4.69, 9.17) is 9.47 Å². The molecule has 1 aliphatic rings. The molecule has 1 atom stereocenters. The molecule has 0 spiro atoms. The van der Waals surface area contributed by atoms with Crippen LogP contribution in [0.4, 0.5) is 4.39 Å². The van der Waals surface area contributed by atoms with Gasteiger partial charge in [-0.15, -0.1) is 0 Å². The van der Waals surface area contributed by atoms with E-state index >= 15 is 0 Å². The smallest absolute Gasteiger partial charge is 0.313 e. The van der Waals surface area contributed by atoms with Crippen molar-refractivity contribution >= 4 is 11.9 Å². The van der Waals surface area contributed by atoms with E-state index in [0.717, 1.165) is 0 Å². The quantitative estimate of drug-likeness (QED) is 0.860. The minimum Gasteiger partial charge on any atom is -0.490 e. The molecule has 1 unspecified atom stereocenters. The second-order valence-corrected chi connectivity index (χ2v) is 5.90. The Labute approximate surface area is 140 Å². The zero-order valence-corrected chi connectivity index (χ0v) is 13.9. The molecule has 0 aromatic heterocycles. The van der Waals surface area contributed by atoms with Gasteiger partial charge in [0.1, 0.15) is 5.41 Å². The Kier molecular flexibility index (Phi) is 5.77. The SMILES string of the molecule is CCOc1c(F)cccc1C(=O)N1CCCC(COC)(C(=O)O)C1. The molecule has 7 heteroatoms. The van der Waals surface area contributed by atoms with Crippen LogP contribution in [0.2, 0.25) is 0 Å². The van der Waals surface area contributed by atoms with E-state index in [1.165, 1.54) is 30.2 Å². The maximum atomic E-state index is 14.0. The third-order valence-electron chi connectivity index (χ3n) is 4.22. The lowest BCUT2D eigenvalue weighted by atomic mass is 9.80. The van der Waals surface area contributed by atoms with E-state index < -0.39 is 23.1 Å². The molecule has 1 aromatic rings. The Balaban J connectivity index is 2.30. The van der Waals surface area contributed by atoms with Crippen molar-refractivity contribution in [3.63, 3.8) is 0 Å². The first-order valence-corrected chi connectivity index (χ1v) is 7.88. The lowest BCUT2D eigenvalue weighted by Gasteiger charge is -2.39. The molecule has 1 aromatic carbocycles. The number of para-hydroxylation sites is 1. The molecule has 0 aliphatic carbocycles. The Hall–Kier alpha value is -2.15. The van der Waals surface area contributed by atoms with Crippen LogP contribution in [0.5, 0.6) is 5.75 Å². The predicted molar refractivity (Wildman–Crippen MR) is 84.7 cm³/mol. The number of methoxy groups -OCH3 is 1. The Morgan fingerprint density at radius 1 is 1.42 bits per heavy atom. The van der Waals surface area contributed by atoms with Gasteiger partial charge in [-0.1, -0.05) is 6.07 Å². The van der Waals surface area contributed by atoms with Crippen LogP contribution in [0.15, 0.2) is 18.2 Å². The van der Waals surface area contributed by atoms with Gasteiger partial charge in [0.25, 0.3) is 5.91 Å². The van der Waals surface area contributed by atoms with Gasteiger partial charge in [0.2, 0.25) is 0 Å². The van der Waals surface area contributed by atoms with E-state index in [0.29, 0.717) is 19.4 Å². The number of nitrogens with zero attached hydrogens (tertiary/aromatic N) is 1. The summed E-state index contributed by atoms with van der Waals surface area (Å²) in [5, 5.41) is 9.57. The molecule has 132 valence electrons. The van der Waals surface area contributed by atoms with Crippen LogP contribution in [0.3, 0.4) is 0 Å². The highest BCUT2D eigenvalue weighted by Crippen LogP contribution is 2.33. The molecule has 6 nitrogen and oxygen atoms in total. The highest BCUT2D eigenvalue weighted by atomic mass is 19.1. The number of aliphatic carboxylic acids is 1. The maximum Gasteiger partial charge on any atom is 0.313 e. The van der Waals surface area contributed by atoms with Crippen LogP contribution < -0.4 is 4.74 Å². The van der Waals surface area contributed by atoms with Gasteiger partial charge in [-0.05, 0) is 31.9 Å². The summed E-state index contributed by atoms with van der Waals surface area (Å²) in [5.41, 5.74) is -1.03. The van der Waals surface area contributed by atoms with Crippen molar-refractivity contribution in [2.75, 3.05) is 33.4 Å². The number of carbonyl (C=O) groups excluding carboxylic acids is 1. The molecular formula is C17H22FNO5. The number of carboxylic acids is 1. The van der Waals surface area contributed by atoms with E-state index in [1.807, 2.05) is 0 Å². The summed E-state index contributed by atoms with van der Waals surface area (Å²) in [6.07, 6.45) is 0.974. The number of ether oxygens (including phenoxy) is 2. The molecule has 0 saturated carbocycles. The lowest BCUT2D eigenvalue weighted by molar-refractivity contribution is -0.155. The normalized spacial score (nSPS) is 20.7. The van der Waals surface area contributed by atoms with E-state index in [1.54, 1.807) is 6.92 Å². The molecule has 1 N–H and O–H groups in total. The summed E-state index contributed by atoms with van der Waals surface area (Å²) in [4.78, 5) is 25.9. The zero-order chi connectivity index (χ0) is 17.7. The number of halogens is 1. The minimum atomic E-state index is -1.14. The van der Waals surface area contributed by atoms with Gasteiger partial charge in [-0.25, -0.2) is 4.39 Å². The number of hydrogen-bond donors (Lipinski definition) is 1. The first-order valence-electron chi connectivity index (χ1n) is 7.88. The van der Waals surface area contributed by atoms with Crippen molar-refractivity contribution in [3.05, 3.63) is 29.6 Å². The molecule has 0 radical (unpaired) electrons. The summed E-state index contributed by atoms with van der Waals surface area (Å²) in [6, 6.07) is 4.16. The van der Waals surface area contributed by atoms with Crippen LogP contribution >= 0.6 is 0 Å². The monoisotopic (exact) mass is 339 g/mol. The maximum absolute atomic E-state index is 14.0. The molecule has 1 saturated heterocycles. The fraction of sp³-hybridized carbons (Fsp3) is 0.529. The Morgan fingerprint density at radius 3 is 2.79 bits per heavy atom. The van der Waals surface area contributed by atoms with Gasteiger partial charge < -0.3 is 19.5 Å². The van der Waals surface area contributed by atoms with Crippen molar-refractivity contribution in [3.8, 4) is 5.75 Å². The van der Waals surface area contributed by atoms with Crippen molar-refractivity contribution in [2.45, 2.75) is 19.8 Å². The lowest BCUT2D eigenvalue weighted by Crippen LogP contribution is -2.52. The van der Waals surface area contributed by atoms with Gasteiger partial charge >= 0.3 is 5.97 Å². The minimum absolute atomic E-state index is 0.0214. The largest absolute Gasteiger partial charge is 0.490 e. The third kappa shape index (κ3) is 3.51. The van der Waals surface area contributed by atoms with Crippen LogP contribution in [0, 0.1) is 11.2 Å². The highest BCUT2D eigenvalue weighted by molar-refractivity contribution is 5.97.